The number of pyridine rings is 1. The van der Waals surface area contributed by atoms with Crippen molar-refractivity contribution in [3.05, 3.63) is 50.7 Å². The van der Waals surface area contributed by atoms with E-state index in [-0.39, 0.29) is 16.5 Å². The maximum absolute atomic E-state index is 12.0. The third-order valence-electron chi connectivity index (χ3n) is 2.26. The van der Waals surface area contributed by atoms with Gasteiger partial charge in [-0.25, -0.2) is 4.98 Å². The first kappa shape index (κ1) is 14.1. The average Bonchev–Trinajstić information content (AvgIpc) is 2.36. The van der Waals surface area contributed by atoms with Crippen LogP contribution in [0.3, 0.4) is 0 Å². The van der Waals surface area contributed by atoms with E-state index in [0.29, 0.717) is 15.2 Å². The van der Waals surface area contributed by atoms with Crippen molar-refractivity contribution < 1.29 is 9.90 Å². The summed E-state index contributed by atoms with van der Waals surface area (Å²) in [6.07, 6.45) is 1.51. The van der Waals surface area contributed by atoms with Crippen LogP contribution in [-0.4, -0.2) is 16.0 Å². The van der Waals surface area contributed by atoms with Crippen LogP contribution in [0.5, 0.6) is 5.75 Å². The van der Waals surface area contributed by atoms with Gasteiger partial charge < -0.3 is 10.4 Å². The van der Waals surface area contributed by atoms with Crippen LogP contribution in [0.4, 0.5) is 5.69 Å². The highest BCUT2D eigenvalue weighted by Crippen LogP contribution is 2.26. The fourth-order valence-corrected chi connectivity index (χ4v) is 2.04. The lowest BCUT2D eigenvalue weighted by Gasteiger charge is -2.08. The Labute approximate surface area is 127 Å². The third-order valence-corrected chi connectivity index (χ3v) is 3.23. The Kier molecular flexibility index (Phi) is 4.29. The molecule has 0 saturated heterocycles. The van der Waals surface area contributed by atoms with E-state index in [2.05, 4.69) is 26.2 Å². The van der Waals surface area contributed by atoms with Gasteiger partial charge in [0.2, 0.25) is 0 Å². The Hall–Kier alpha value is -1.30. The van der Waals surface area contributed by atoms with E-state index in [9.17, 15) is 9.90 Å². The minimum atomic E-state index is -0.526. The Balaban J connectivity index is 2.30. The first-order valence-corrected chi connectivity index (χ1v) is 6.63. The lowest BCUT2D eigenvalue weighted by atomic mass is 10.2. The maximum Gasteiger partial charge on any atom is 0.259 e. The molecular weight excluding hydrogens is 355 g/mol. The number of carbonyl (C=O) groups excluding carboxylic acids is 1. The topological polar surface area (TPSA) is 62.2 Å². The zero-order valence-corrected chi connectivity index (χ0v) is 12.4. The molecule has 2 rings (SSSR count). The molecule has 19 heavy (non-hydrogen) atoms. The van der Waals surface area contributed by atoms with Gasteiger partial charge in [-0.1, -0.05) is 23.2 Å². The lowest BCUT2D eigenvalue weighted by molar-refractivity contribution is 0.102. The van der Waals surface area contributed by atoms with Gasteiger partial charge >= 0.3 is 0 Å². The predicted molar refractivity (Wildman–Crippen MR) is 78.0 cm³/mol. The van der Waals surface area contributed by atoms with E-state index in [1.807, 2.05) is 0 Å². The molecule has 1 amide bonds. The van der Waals surface area contributed by atoms with Crippen molar-refractivity contribution in [1.82, 2.24) is 4.98 Å². The molecule has 0 bridgehead atoms. The van der Waals surface area contributed by atoms with Gasteiger partial charge in [0.15, 0.2) is 5.15 Å². The molecule has 1 heterocycles. The summed E-state index contributed by atoms with van der Waals surface area (Å²) in [6, 6.07) is 5.81. The fourth-order valence-electron chi connectivity index (χ4n) is 1.39. The molecule has 2 N–H and O–H groups in total. The highest BCUT2D eigenvalue weighted by molar-refractivity contribution is 9.10. The number of amides is 1. The first-order valence-electron chi connectivity index (χ1n) is 5.08. The van der Waals surface area contributed by atoms with Crippen LogP contribution in [0, 0.1) is 0 Å². The largest absolute Gasteiger partial charge is 0.507 e. The summed E-state index contributed by atoms with van der Waals surface area (Å²) in [4.78, 5) is 15.9. The zero-order valence-electron chi connectivity index (χ0n) is 9.32. The van der Waals surface area contributed by atoms with Crippen molar-refractivity contribution >= 4 is 50.7 Å². The molecule has 0 spiro atoms. The average molecular weight is 362 g/mol. The normalized spacial score (nSPS) is 10.3. The van der Waals surface area contributed by atoms with Crippen molar-refractivity contribution in [3.63, 3.8) is 0 Å². The van der Waals surface area contributed by atoms with E-state index in [0.717, 1.165) is 0 Å². The number of aromatic nitrogens is 1. The summed E-state index contributed by atoms with van der Waals surface area (Å²) in [5, 5.41) is 12.7. The standard InChI is InChI=1S/C12H7BrCl2N2O2/c13-6-3-9(11(15)16-5-6)17-12(19)8-4-7(14)1-2-10(8)18/h1-5,18H,(H,17,19). The maximum atomic E-state index is 12.0. The third kappa shape index (κ3) is 3.37. The molecule has 4 nitrogen and oxygen atoms in total. The fraction of sp³-hybridized carbons (Fsp3) is 0. The Morgan fingerprint density at radius 2 is 2.05 bits per heavy atom. The SMILES string of the molecule is O=C(Nc1cc(Br)cnc1Cl)c1cc(Cl)ccc1O. The lowest BCUT2D eigenvalue weighted by Crippen LogP contribution is -2.12. The van der Waals surface area contributed by atoms with Gasteiger partial charge in [0.05, 0.1) is 11.3 Å². The zero-order chi connectivity index (χ0) is 14.0. The van der Waals surface area contributed by atoms with Crippen LogP contribution in [0.2, 0.25) is 10.2 Å². The number of rotatable bonds is 2. The quantitative estimate of drug-likeness (QED) is 0.791. The number of benzene rings is 1. The van der Waals surface area contributed by atoms with Gasteiger partial charge in [-0.2, -0.15) is 0 Å². The number of hydrogen-bond acceptors (Lipinski definition) is 3. The molecule has 1 aromatic carbocycles. The van der Waals surface area contributed by atoms with Gasteiger partial charge in [-0.3, -0.25) is 4.79 Å². The van der Waals surface area contributed by atoms with Gasteiger partial charge in [0, 0.05) is 15.7 Å². The Morgan fingerprint density at radius 3 is 2.79 bits per heavy atom. The van der Waals surface area contributed by atoms with E-state index in [4.69, 9.17) is 23.2 Å². The molecule has 1 aromatic heterocycles. The summed E-state index contributed by atoms with van der Waals surface area (Å²) in [5.74, 6) is -0.692. The Bertz CT molecular complexity index is 650. The molecule has 0 atom stereocenters. The minimum absolute atomic E-state index is 0.0588. The van der Waals surface area contributed by atoms with E-state index < -0.39 is 5.91 Å². The van der Waals surface area contributed by atoms with Crippen LogP contribution in [0.15, 0.2) is 34.9 Å². The number of nitrogens with zero attached hydrogens (tertiary/aromatic N) is 1. The smallest absolute Gasteiger partial charge is 0.259 e. The molecule has 98 valence electrons. The van der Waals surface area contributed by atoms with Crippen LogP contribution in [-0.2, 0) is 0 Å². The van der Waals surface area contributed by atoms with Crippen LogP contribution in [0.25, 0.3) is 0 Å². The Morgan fingerprint density at radius 1 is 1.32 bits per heavy atom. The number of aromatic hydroxyl groups is 1. The second-order valence-corrected chi connectivity index (χ2v) is 5.32. The summed E-state index contributed by atoms with van der Waals surface area (Å²) < 4.78 is 0.669. The summed E-state index contributed by atoms with van der Waals surface area (Å²) in [6.45, 7) is 0. The molecule has 0 fully saturated rings. The number of phenols is 1. The number of carbonyl (C=O) groups is 1. The van der Waals surface area contributed by atoms with Gasteiger partial charge in [0.25, 0.3) is 5.91 Å². The van der Waals surface area contributed by atoms with Crippen LogP contribution < -0.4 is 5.32 Å². The second kappa shape index (κ2) is 5.77. The summed E-state index contributed by atoms with van der Waals surface area (Å²) in [7, 11) is 0. The van der Waals surface area contributed by atoms with Crippen LogP contribution >= 0.6 is 39.1 Å². The summed E-state index contributed by atoms with van der Waals surface area (Å²) in [5.41, 5.74) is 0.393. The first-order chi connectivity index (χ1) is 8.97. The monoisotopic (exact) mass is 360 g/mol. The van der Waals surface area contributed by atoms with Crippen molar-refractivity contribution in [2.45, 2.75) is 0 Å². The molecule has 0 unspecified atom stereocenters. The molecule has 0 aliphatic rings. The number of hydrogen-bond donors (Lipinski definition) is 2. The highest BCUT2D eigenvalue weighted by atomic mass is 79.9. The predicted octanol–water partition coefficient (Wildman–Crippen LogP) is 4.11. The molecular formula is C12H7BrCl2N2O2. The number of halogens is 3. The molecule has 0 aliphatic heterocycles. The molecule has 0 radical (unpaired) electrons. The number of phenolic OH excluding ortho intramolecular Hbond substituents is 1. The van der Waals surface area contributed by atoms with Crippen molar-refractivity contribution in [2.75, 3.05) is 5.32 Å². The van der Waals surface area contributed by atoms with Crippen LogP contribution in [0.1, 0.15) is 10.4 Å². The highest BCUT2D eigenvalue weighted by Gasteiger charge is 2.14. The summed E-state index contributed by atoms with van der Waals surface area (Å²) >= 11 is 14.9. The number of nitrogens with one attached hydrogen (secondary N) is 1. The van der Waals surface area contributed by atoms with E-state index >= 15 is 0 Å². The van der Waals surface area contributed by atoms with Crippen molar-refractivity contribution in [2.24, 2.45) is 0 Å². The molecule has 2 aromatic rings. The second-order valence-electron chi connectivity index (χ2n) is 3.61. The van der Waals surface area contributed by atoms with Gasteiger partial charge in [-0.05, 0) is 40.2 Å². The van der Waals surface area contributed by atoms with Crippen molar-refractivity contribution in [3.8, 4) is 5.75 Å². The molecule has 7 heteroatoms. The molecule has 0 aliphatic carbocycles. The minimum Gasteiger partial charge on any atom is -0.507 e. The molecule has 0 saturated carbocycles. The van der Waals surface area contributed by atoms with Crippen molar-refractivity contribution in [1.29, 1.82) is 0 Å². The van der Waals surface area contributed by atoms with E-state index in [1.54, 1.807) is 6.07 Å². The van der Waals surface area contributed by atoms with Gasteiger partial charge in [-0.15, -0.1) is 0 Å². The van der Waals surface area contributed by atoms with Gasteiger partial charge in [0.1, 0.15) is 5.75 Å². The van der Waals surface area contributed by atoms with E-state index in [1.165, 1.54) is 24.4 Å². The number of anilines is 1.